The van der Waals surface area contributed by atoms with Crippen LogP contribution in [0, 0.1) is 12.8 Å². The van der Waals surface area contributed by atoms with Gasteiger partial charge >= 0.3 is 5.97 Å². The van der Waals surface area contributed by atoms with Gasteiger partial charge in [-0.05, 0) is 57.3 Å². The van der Waals surface area contributed by atoms with E-state index in [9.17, 15) is 13.2 Å². The van der Waals surface area contributed by atoms with Crippen molar-refractivity contribution in [2.45, 2.75) is 37.5 Å². The summed E-state index contributed by atoms with van der Waals surface area (Å²) in [5, 5.41) is 8.70. The lowest BCUT2D eigenvalue weighted by Crippen LogP contribution is -2.41. The van der Waals surface area contributed by atoms with Gasteiger partial charge in [-0.3, -0.25) is 4.79 Å². The van der Waals surface area contributed by atoms with Crippen LogP contribution in [-0.4, -0.2) is 50.6 Å². The first-order valence-electron chi connectivity index (χ1n) is 8.37. The van der Waals surface area contributed by atoms with E-state index in [1.54, 1.807) is 24.3 Å². The van der Waals surface area contributed by atoms with E-state index < -0.39 is 16.0 Å². The normalized spacial score (nSPS) is 19.3. The summed E-state index contributed by atoms with van der Waals surface area (Å²) in [7, 11) is -3.47. The molecule has 24 heavy (non-hydrogen) atoms. The number of carbonyl (C=O) groups is 1. The van der Waals surface area contributed by atoms with E-state index in [0.717, 1.165) is 38.0 Å². The summed E-state index contributed by atoms with van der Waals surface area (Å²) in [6, 6.07) is 6.83. The zero-order valence-corrected chi connectivity index (χ0v) is 14.9. The van der Waals surface area contributed by atoms with Crippen molar-refractivity contribution < 1.29 is 18.3 Å². The molecule has 0 radical (unpaired) electrons. The van der Waals surface area contributed by atoms with Gasteiger partial charge < -0.3 is 10.0 Å². The van der Waals surface area contributed by atoms with Crippen LogP contribution in [-0.2, 0) is 14.8 Å². The quantitative estimate of drug-likeness (QED) is 0.744. The van der Waals surface area contributed by atoms with Gasteiger partial charge in [-0.15, -0.1) is 0 Å². The molecule has 134 valence electrons. The Bertz CT molecular complexity index is 643. The van der Waals surface area contributed by atoms with E-state index in [4.69, 9.17) is 5.11 Å². The number of likely N-dealkylation sites (tertiary alicyclic amines) is 1. The molecule has 0 aromatic heterocycles. The molecular formula is C17H26N2O4S. The molecule has 1 aliphatic rings. The van der Waals surface area contributed by atoms with Gasteiger partial charge in [-0.25, -0.2) is 13.1 Å². The Labute approximate surface area is 143 Å². The maximum absolute atomic E-state index is 12.3. The molecule has 1 fully saturated rings. The molecule has 1 saturated heterocycles. The highest BCUT2D eigenvalue weighted by molar-refractivity contribution is 7.89. The van der Waals surface area contributed by atoms with Crippen LogP contribution >= 0.6 is 0 Å². The van der Waals surface area contributed by atoms with Gasteiger partial charge in [-0.1, -0.05) is 17.7 Å². The van der Waals surface area contributed by atoms with E-state index in [0.29, 0.717) is 17.9 Å². The highest BCUT2D eigenvalue weighted by atomic mass is 32.2. The van der Waals surface area contributed by atoms with Crippen molar-refractivity contribution in [1.82, 2.24) is 9.62 Å². The van der Waals surface area contributed by atoms with Crippen molar-refractivity contribution in [2.75, 3.05) is 26.2 Å². The minimum atomic E-state index is -3.47. The summed E-state index contributed by atoms with van der Waals surface area (Å²) >= 11 is 0. The van der Waals surface area contributed by atoms with Gasteiger partial charge in [0, 0.05) is 19.5 Å². The Hall–Kier alpha value is -1.44. The fraction of sp³-hybridized carbons (Fsp3) is 0.588. The molecule has 2 rings (SSSR count). The average molecular weight is 354 g/mol. The lowest BCUT2D eigenvalue weighted by Gasteiger charge is -2.32. The second-order valence-electron chi connectivity index (χ2n) is 6.47. The summed E-state index contributed by atoms with van der Waals surface area (Å²) in [5.41, 5.74) is 1.03. The highest BCUT2D eigenvalue weighted by Gasteiger charge is 2.22. The zero-order valence-electron chi connectivity index (χ0n) is 14.1. The minimum Gasteiger partial charge on any atom is -0.481 e. The first-order valence-corrected chi connectivity index (χ1v) is 9.85. The Kier molecular flexibility index (Phi) is 6.77. The average Bonchev–Trinajstić information content (AvgIpc) is 2.54. The Morgan fingerprint density at radius 1 is 1.33 bits per heavy atom. The number of hydrogen-bond donors (Lipinski definition) is 2. The standard InChI is InChI=1S/C17H26N2O4S/c1-14-6-8-16(9-7-14)24(22,23)18-12-15-4-2-10-19(13-15)11-3-5-17(20)21/h6-9,15,18H,2-5,10-13H2,1H3,(H,20,21). The first-order chi connectivity index (χ1) is 11.4. The van der Waals surface area contributed by atoms with Crippen LogP contribution in [0.1, 0.15) is 31.2 Å². The molecule has 7 heteroatoms. The second kappa shape index (κ2) is 8.60. The van der Waals surface area contributed by atoms with Gasteiger partial charge in [0.2, 0.25) is 10.0 Å². The Balaban J connectivity index is 1.82. The van der Waals surface area contributed by atoms with Crippen molar-refractivity contribution in [3.05, 3.63) is 29.8 Å². The summed E-state index contributed by atoms with van der Waals surface area (Å²) in [5.74, 6) is -0.502. The summed E-state index contributed by atoms with van der Waals surface area (Å²) in [4.78, 5) is 13.1. The van der Waals surface area contributed by atoms with Crippen LogP contribution in [0.25, 0.3) is 0 Å². The Morgan fingerprint density at radius 2 is 2.04 bits per heavy atom. The number of benzene rings is 1. The van der Waals surface area contributed by atoms with Crippen molar-refractivity contribution >= 4 is 16.0 Å². The number of piperidine rings is 1. The van der Waals surface area contributed by atoms with Gasteiger partial charge in [0.05, 0.1) is 4.90 Å². The fourth-order valence-electron chi connectivity index (χ4n) is 3.00. The smallest absolute Gasteiger partial charge is 0.303 e. The van der Waals surface area contributed by atoms with Gasteiger partial charge in [0.1, 0.15) is 0 Å². The molecule has 2 N–H and O–H groups in total. The molecular weight excluding hydrogens is 328 g/mol. The maximum atomic E-state index is 12.3. The Morgan fingerprint density at radius 3 is 2.71 bits per heavy atom. The van der Waals surface area contributed by atoms with E-state index in [1.165, 1.54) is 0 Å². The number of nitrogens with one attached hydrogen (secondary N) is 1. The topological polar surface area (TPSA) is 86.7 Å². The molecule has 1 heterocycles. The van der Waals surface area contributed by atoms with E-state index >= 15 is 0 Å². The summed E-state index contributed by atoms with van der Waals surface area (Å²) < 4.78 is 27.4. The van der Waals surface area contributed by atoms with E-state index in [-0.39, 0.29) is 12.3 Å². The third-order valence-electron chi connectivity index (χ3n) is 4.36. The second-order valence-corrected chi connectivity index (χ2v) is 8.24. The molecule has 1 atom stereocenters. The number of sulfonamides is 1. The number of nitrogens with zero attached hydrogens (tertiary/aromatic N) is 1. The van der Waals surface area contributed by atoms with Crippen LogP contribution < -0.4 is 4.72 Å². The maximum Gasteiger partial charge on any atom is 0.303 e. The number of carboxylic acids is 1. The predicted molar refractivity (Wildman–Crippen MR) is 92.4 cm³/mol. The fourth-order valence-corrected chi connectivity index (χ4v) is 4.12. The van der Waals surface area contributed by atoms with Crippen LogP contribution in [0.4, 0.5) is 0 Å². The molecule has 0 saturated carbocycles. The van der Waals surface area contributed by atoms with Crippen LogP contribution in [0.15, 0.2) is 29.2 Å². The first kappa shape index (κ1) is 18.9. The number of rotatable bonds is 8. The third-order valence-corrected chi connectivity index (χ3v) is 5.80. The molecule has 0 amide bonds. The molecule has 0 aliphatic carbocycles. The van der Waals surface area contributed by atoms with E-state index in [2.05, 4.69) is 9.62 Å². The monoisotopic (exact) mass is 354 g/mol. The number of aryl methyl sites for hydroxylation is 1. The highest BCUT2D eigenvalue weighted by Crippen LogP contribution is 2.17. The molecule has 1 aromatic carbocycles. The van der Waals surface area contributed by atoms with Crippen molar-refractivity contribution in [3.8, 4) is 0 Å². The van der Waals surface area contributed by atoms with Gasteiger partial charge in [0.25, 0.3) is 0 Å². The number of carboxylic acid groups (broad SMARTS) is 1. The lowest BCUT2D eigenvalue weighted by molar-refractivity contribution is -0.137. The minimum absolute atomic E-state index is 0.182. The predicted octanol–water partition coefficient (Wildman–Crippen LogP) is 1.85. The molecule has 0 spiro atoms. The molecule has 0 bridgehead atoms. The molecule has 1 unspecified atom stereocenters. The largest absolute Gasteiger partial charge is 0.481 e. The van der Waals surface area contributed by atoms with Crippen LogP contribution in [0.2, 0.25) is 0 Å². The number of aliphatic carboxylic acids is 1. The lowest BCUT2D eigenvalue weighted by atomic mass is 9.98. The van der Waals surface area contributed by atoms with Crippen LogP contribution in [0.5, 0.6) is 0 Å². The summed E-state index contributed by atoms with van der Waals surface area (Å²) in [6.45, 7) is 4.88. The van der Waals surface area contributed by atoms with Crippen molar-refractivity contribution in [3.63, 3.8) is 0 Å². The summed E-state index contributed by atoms with van der Waals surface area (Å²) in [6.07, 6.45) is 2.83. The van der Waals surface area contributed by atoms with E-state index in [1.807, 2.05) is 6.92 Å². The zero-order chi connectivity index (χ0) is 17.6. The van der Waals surface area contributed by atoms with Crippen molar-refractivity contribution in [2.24, 2.45) is 5.92 Å². The van der Waals surface area contributed by atoms with Gasteiger partial charge in [0.15, 0.2) is 0 Å². The molecule has 1 aliphatic heterocycles. The molecule has 6 nitrogen and oxygen atoms in total. The molecule has 1 aromatic rings. The van der Waals surface area contributed by atoms with Crippen molar-refractivity contribution in [1.29, 1.82) is 0 Å². The SMILES string of the molecule is Cc1ccc(S(=O)(=O)NCC2CCCN(CCCC(=O)O)C2)cc1. The van der Waals surface area contributed by atoms with Crippen LogP contribution in [0.3, 0.4) is 0 Å². The third kappa shape index (κ3) is 5.89. The number of hydrogen-bond acceptors (Lipinski definition) is 4. The van der Waals surface area contributed by atoms with Gasteiger partial charge in [-0.2, -0.15) is 0 Å².